The van der Waals surface area contributed by atoms with Gasteiger partial charge in [-0.1, -0.05) is 17.7 Å². The lowest BCUT2D eigenvalue weighted by Crippen LogP contribution is -2.38. The summed E-state index contributed by atoms with van der Waals surface area (Å²) in [5.74, 6) is 1.09. The molecule has 2 heterocycles. The Morgan fingerprint density at radius 2 is 2.24 bits per heavy atom. The van der Waals surface area contributed by atoms with E-state index in [0.717, 1.165) is 57.0 Å². The van der Waals surface area contributed by atoms with Crippen molar-refractivity contribution in [1.82, 2.24) is 20.5 Å². The summed E-state index contributed by atoms with van der Waals surface area (Å²) in [7, 11) is 0. The number of halogens is 2. The molecule has 6 nitrogen and oxygen atoms in total. The molecule has 0 aromatic carbocycles. The van der Waals surface area contributed by atoms with Crippen LogP contribution in [0.2, 0.25) is 5.15 Å². The summed E-state index contributed by atoms with van der Waals surface area (Å²) in [6.07, 6.45) is 5.24. The van der Waals surface area contributed by atoms with Crippen LogP contribution in [-0.2, 0) is 11.2 Å². The number of guanidine groups is 1. The monoisotopic (exact) mass is 479 g/mol. The smallest absolute Gasteiger partial charge is 0.222 e. The van der Waals surface area contributed by atoms with Gasteiger partial charge in [0.25, 0.3) is 0 Å². The molecule has 0 aliphatic carbocycles. The lowest BCUT2D eigenvalue weighted by molar-refractivity contribution is -0.127. The zero-order valence-corrected chi connectivity index (χ0v) is 17.7. The number of hydrogen-bond acceptors (Lipinski definition) is 3. The molecule has 140 valence electrons. The van der Waals surface area contributed by atoms with Gasteiger partial charge in [0, 0.05) is 45.3 Å². The van der Waals surface area contributed by atoms with Crippen molar-refractivity contribution in [2.45, 2.75) is 32.6 Å². The summed E-state index contributed by atoms with van der Waals surface area (Å²) in [5, 5.41) is 7.07. The number of nitrogens with zero attached hydrogens (tertiary/aromatic N) is 3. The number of aliphatic imine (C=N–C) groups is 1. The second kappa shape index (κ2) is 12.3. The Bertz CT molecular complexity index is 552. The van der Waals surface area contributed by atoms with Crippen molar-refractivity contribution in [3.05, 3.63) is 29.0 Å². The Morgan fingerprint density at radius 1 is 1.40 bits per heavy atom. The first kappa shape index (κ1) is 22.0. The quantitative estimate of drug-likeness (QED) is 0.198. The number of amides is 1. The zero-order valence-electron chi connectivity index (χ0n) is 14.6. The van der Waals surface area contributed by atoms with Crippen LogP contribution in [0.3, 0.4) is 0 Å². The van der Waals surface area contributed by atoms with Crippen molar-refractivity contribution in [1.29, 1.82) is 0 Å². The van der Waals surface area contributed by atoms with Crippen LogP contribution in [0.15, 0.2) is 23.3 Å². The van der Waals surface area contributed by atoms with Gasteiger partial charge in [-0.3, -0.25) is 9.79 Å². The van der Waals surface area contributed by atoms with Gasteiger partial charge in [-0.25, -0.2) is 4.98 Å². The summed E-state index contributed by atoms with van der Waals surface area (Å²) >= 11 is 5.78. The maximum atomic E-state index is 11.6. The summed E-state index contributed by atoms with van der Waals surface area (Å²) < 4.78 is 0. The van der Waals surface area contributed by atoms with Crippen LogP contribution in [-0.4, -0.2) is 54.5 Å². The normalized spacial score (nSPS) is 14.4. The summed E-state index contributed by atoms with van der Waals surface area (Å²) in [6.45, 7) is 6.05. The Hall–Kier alpha value is -1.09. The molecule has 0 radical (unpaired) electrons. The van der Waals surface area contributed by atoms with Gasteiger partial charge < -0.3 is 15.5 Å². The number of carbonyl (C=O) groups excluding carboxylic acids is 1. The second-order valence-corrected chi connectivity index (χ2v) is 6.15. The molecule has 0 unspecified atom stereocenters. The van der Waals surface area contributed by atoms with Gasteiger partial charge in [-0.2, -0.15) is 0 Å². The van der Waals surface area contributed by atoms with E-state index in [0.29, 0.717) is 18.1 Å². The topological polar surface area (TPSA) is 69.6 Å². The molecule has 0 spiro atoms. The van der Waals surface area contributed by atoms with E-state index in [9.17, 15) is 4.79 Å². The van der Waals surface area contributed by atoms with E-state index >= 15 is 0 Å². The lowest BCUT2D eigenvalue weighted by atomic mass is 10.2. The van der Waals surface area contributed by atoms with Gasteiger partial charge in [-0.05, 0) is 37.8 Å². The third-order valence-corrected chi connectivity index (χ3v) is 4.09. The van der Waals surface area contributed by atoms with Crippen LogP contribution in [0, 0.1) is 0 Å². The fourth-order valence-corrected chi connectivity index (χ4v) is 2.73. The molecule has 1 aliphatic rings. The van der Waals surface area contributed by atoms with Crippen molar-refractivity contribution < 1.29 is 4.79 Å². The second-order valence-electron chi connectivity index (χ2n) is 5.76. The summed E-state index contributed by atoms with van der Waals surface area (Å²) in [6, 6.07) is 3.78. The van der Waals surface area contributed by atoms with Crippen LogP contribution in [0.25, 0.3) is 0 Å². The number of hydrogen-bond donors (Lipinski definition) is 2. The third kappa shape index (κ3) is 8.22. The van der Waals surface area contributed by atoms with Crippen molar-refractivity contribution in [2.75, 3.05) is 32.7 Å². The Balaban J connectivity index is 0.00000312. The van der Waals surface area contributed by atoms with E-state index in [1.165, 1.54) is 0 Å². The van der Waals surface area contributed by atoms with Gasteiger partial charge in [-0.15, -0.1) is 24.0 Å². The first-order valence-electron chi connectivity index (χ1n) is 8.59. The Kier molecular flexibility index (Phi) is 10.8. The van der Waals surface area contributed by atoms with Crippen molar-refractivity contribution in [3.63, 3.8) is 0 Å². The molecule has 0 saturated carbocycles. The molecular formula is C17H27ClIN5O. The van der Waals surface area contributed by atoms with E-state index in [4.69, 9.17) is 11.6 Å². The molecule has 1 aromatic rings. The summed E-state index contributed by atoms with van der Waals surface area (Å²) in [5.41, 5.74) is 1.13. The highest BCUT2D eigenvalue weighted by molar-refractivity contribution is 14.0. The van der Waals surface area contributed by atoms with Gasteiger partial charge in [0.2, 0.25) is 5.91 Å². The van der Waals surface area contributed by atoms with Crippen LogP contribution < -0.4 is 10.6 Å². The highest BCUT2D eigenvalue weighted by atomic mass is 127. The number of pyridine rings is 1. The van der Waals surface area contributed by atoms with Gasteiger partial charge in [0.15, 0.2) is 5.96 Å². The molecule has 1 fully saturated rings. The fraction of sp³-hybridized carbons (Fsp3) is 0.588. The number of carbonyl (C=O) groups is 1. The Labute approximate surface area is 171 Å². The van der Waals surface area contributed by atoms with E-state index < -0.39 is 0 Å². The number of likely N-dealkylation sites (tertiary alicyclic amines) is 1. The molecule has 25 heavy (non-hydrogen) atoms. The van der Waals surface area contributed by atoms with E-state index in [1.54, 1.807) is 12.3 Å². The van der Waals surface area contributed by atoms with Gasteiger partial charge in [0.1, 0.15) is 5.15 Å². The molecule has 0 bridgehead atoms. The van der Waals surface area contributed by atoms with E-state index in [1.807, 2.05) is 17.9 Å². The van der Waals surface area contributed by atoms with Crippen LogP contribution in [0.1, 0.15) is 31.7 Å². The highest BCUT2D eigenvalue weighted by Crippen LogP contribution is 2.09. The molecule has 1 amide bonds. The third-order valence-electron chi connectivity index (χ3n) is 3.87. The predicted molar refractivity (Wildman–Crippen MR) is 113 cm³/mol. The maximum absolute atomic E-state index is 11.6. The first-order valence-corrected chi connectivity index (χ1v) is 8.97. The van der Waals surface area contributed by atoms with Gasteiger partial charge in [0.05, 0.1) is 0 Å². The molecule has 1 aromatic heterocycles. The minimum absolute atomic E-state index is 0. The summed E-state index contributed by atoms with van der Waals surface area (Å²) in [4.78, 5) is 22.1. The predicted octanol–water partition coefficient (Wildman–Crippen LogP) is 2.46. The molecule has 1 aliphatic heterocycles. The SMILES string of the molecule is CCNC(=NCCCN1CCCC1=O)NCCc1ccc(Cl)nc1.I. The molecule has 2 N–H and O–H groups in total. The molecule has 8 heteroatoms. The average Bonchev–Trinajstić information content (AvgIpc) is 2.98. The van der Waals surface area contributed by atoms with Crippen LogP contribution in [0.4, 0.5) is 0 Å². The first-order chi connectivity index (χ1) is 11.7. The minimum Gasteiger partial charge on any atom is -0.357 e. The van der Waals surface area contributed by atoms with E-state index in [2.05, 4.69) is 20.6 Å². The molecular weight excluding hydrogens is 453 g/mol. The largest absolute Gasteiger partial charge is 0.357 e. The molecule has 2 rings (SSSR count). The molecule has 0 atom stereocenters. The zero-order chi connectivity index (χ0) is 17.2. The van der Waals surface area contributed by atoms with Crippen LogP contribution in [0.5, 0.6) is 0 Å². The van der Waals surface area contributed by atoms with Crippen molar-refractivity contribution in [2.24, 2.45) is 4.99 Å². The number of nitrogens with one attached hydrogen (secondary N) is 2. The lowest BCUT2D eigenvalue weighted by Gasteiger charge is -2.15. The minimum atomic E-state index is 0. The number of rotatable bonds is 8. The standard InChI is InChI=1S/C17H26ClN5O.HI/c1-2-19-17(20-9-4-12-23-11-3-5-16(23)24)21-10-8-14-6-7-15(18)22-13-14;/h6-7,13H,2-5,8-12H2,1H3,(H2,19,20,21);1H. The van der Waals surface area contributed by atoms with Gasteiger partial charge >= 0.3 is 0 Å². The maximum Gasteiger partial charge on any atom is 0.222 e. The number of aromatic nitrogens is 1. The van der Waals surface area contributed by atoms with Crippen molar-refractivity contribution in [3.8, 4) is 0 Å². The van der Waals surface area contributed by atoms with E-state index in [-0.39, 0.29) is 29.9 Å². The fourth-order valence-electron chi connectivity index (χ4n) is 2.61. The van der Waals surface area contributed by atoms with Crippen molar-refractivity contribution >= 4 is 47.4 Å². The Morgan fingerprint density at radius 3 is 2.88 bits per heavy atom. The highest BCUT2D eigenvalue weighted by Gasteiger charge is 2.18. The average molecular weight is 480 g/mol. The molecule has 1 saturated heterocycles. The van der Waals surface area contributed by atoms with Crippen LogP contribution >= 0.6 is 35.6 Å².